The van der Waals surface area contributed by atoms with Gasteiger partial charge in [0.05, 0.1) is 23.3 Å². The second kappa shape index (κ2) is 9.57. The van der Waals surface area contributed by atoms with E-state index < -0.39 is 40.9 Å². The molecule has 34 heavy (non-hydrogen) atoms. The molecular formula is C22H22F6N2O3S. The minimum atomic E-state index is -5.09. The summed E-state index contributed by atoms with van der Waals surface area (Å²) in [5, 5.41) is 2.38. The van der Waals surface area contributed by atoms with Crippen molar-refractivity contribution < 1.29 is 40.7 Å². The van der Waals surface area contributed by atoms with Crippen LogP contribution in [0.25, 0.3) is 0 Å². The van der Waals surface area contributed by atoms with E-state index in [4.69, 9.17) is 4.74 Å². The van der Waals surface area contributed by atoms with Gasteiger partial charge in [-0.15, -0.1) is 11.3 Å². The number of hydrogen-bond donors (Lipinski definition) is 1. The molecule has 0 unspecified atom stereocenters. The Kier molecular flexibility index (Phi) is 7.32. The Morgan fingerprint density at radius 3 is 2.18 bits per heavy atom. The number of esters is 1. The fraction of sp³-hybridized carbons (Fsp3) is 0.455. The Balaban J connectivity index is 2.02. The third kappa shape index (κ3) is 5.54. The lowest BCUT2D eigenvalue weighted by Gasteiger charge is -2.30. The number of nitrogens with zero attached hydrogens (tertiary/aromatic N) is 1. The van der Waals surface area contributed by atoms with Gasteiger partial charge >= 0.3 is 18.3 Å². The van der Waals surface area contributed by atoms with Crippen LogP contribution in [0.1, 0.15) is 63.1 Å². The van der Waals surface area contributed by atoms with Crippen molar-refractivity contribution in [3.63, 3.8) is 0 Å². The summed E-state index contributed by atoms with van der Waals surface area (Å²) < 4.78 is 84.1. The molecule has 1 aliphatic heterocycles. The molecule has 0 aliphatic carbocycles. The number of rotatable bonds is 5. The SMILES string of the molecule is CCOC(=O)c1c(NC(=O)c2cc(C(F)(F)F)cc(C(F)(F)F)c2)sc2c1CCN(C(C)C)C2. The molecule has 0 saturated heterocycles. The molecule has 3 rings (SSSR count). The average Bonchev–Trinajstić information content (AvgIpc) is 3.09. The Morgan fingerprint density at radius 1 is 1.09 bits per heavy atom. The van der Waals surface area contributed by atoms with Gasteiger partial charge in [-0.25, -0.2) is 4.79 Å². The van der Waals surface area contributed by atoms with E-state index in [1.807, 2.05) is 13.8 Å². The molecule has 1 aromatic heterocycles. The van der Waals surface area contributed by atoms with Crippen molar-refractivity contribution in [1.82, 2.24) is 4.90 Å². The van der Waals surface area contributed by atoms with Gasteiger partial charge in [-0.1, -0.05) is 0 Å². The molecule has 0 saturated carbocycles. The molecule has 0 spiro atoms. The van der Waals surface area contributed by atoms with Crippen LogP contribution in [0.3, 0.4) is 0 Å². The first-order valence-corrected chi connectivity index (χ1v) is 11.2. The van der Waals surface area contributed by atoms with Crippen molar-refractivity contribution in [2.45, 2.75) is 52.1 Å². The quantitative estimate of drug-likeness (QED) is 0.399. The van der Waals surface area contributed by atoms with E-state index in [1.54, 1.807) is 6.92 Å². The van der Waals surface area contributed by atoms with E-state index in [-0.39, 0.29) is 29.3 Å². The van der Waals surface area contributed by atoms with Crippen molar-refractivity contribution in [2.75, 3.05) is 18.5 Å². The topological polar surface area (TPSA) is 58.6 Å². The summed E-state index contributed by atoms with van der Waals surface area (Å²) in [6.07, 6.45) is -9.70. The van der Waals surface area contributed by atoms with Gasteiger partial charge in [-0.2, -0.15) is 26.3 Å². The maximum atomic E-state index is 13.2. The summed E-state index contributed by atoms with van der Waals surface area (Å²) in [5.41, 5.74) is -3.28. The maximum Gasteiger partial charge on any atom is 0.416 e. The first-order chi connectivity index (χ1) is 15.7. The maximum absolute atomic E-state index is 13.2. The predicted molar refractivity (Wildman–Crippen MR) is 114 cm³/mol. The lowest BCUT2D eigenvalue weighted by atomic mass is 10.0. The summed E-state index contributed by atoms with van der Waals surface area (Å²) in [7, 11) is 0. The Bertz CT molecular complexity index is 1060. The van der Waals surface area contributed by atoms with Crippen molar-refractivity contribution in [1.29, 1.82) is 0 Å². The highest BCUT2D eigenvalue weighted by molar-refractivity contribution is 7.17. The van der Waals surface area contributed by atoms with E-state index >= 15 is 0 Å². The molecule has 1 aliphatic rings. The Labute approximate surface area is 195 Å². The summed E-state index contributed by atoms with van der Waals surface area (Å²) in [6, 6.07) is 0.862. The molecule has 186 valence electrons. The van der Waals surface area contributed by atoms with Gasteiger partial charge in [0.1, 0.15) is 5.00 Å². The van der Waals surface area contributed by atoms with Gasteiger partial charge in [-0.05, 0) is 51.0 Å². The van der Waals surface area contributed by atoms with Crippen LogP contribution in [0.2, 0.25) is 0 Å². The summed E-state index contributed by atoms with van der Waals surface area (Å²) in [6.45, 7) is 6.78. The zero-order chi connectivity index (χ0) is 25.4. The molecule has 1 aromatic carbocycles. The number of nitrogens with one attached hydrogen (secondary N) is 1. The van der Waals surface area contributed by atoms with Crippen molar-refractivity contribution in [2.24, 2.45) is 0 Å². The molecular weight excluding hydrogens is 486 g/mol. The van der Waals surface area contributed by atoms with Crippen LogP contribution in [-0.2, 0) is 30.1 Å². The average molecular weight is 508 g/mol. The van der Waals surface area contributed by atoms with Crippen molar-refractivity contribution >= 4 is 28.2 Å². The Morgan fingerprint density at radius 2 is 1.68 bits per heavy atom. The number of ether oxygens (including phenoxy) is 1. The highest BCUT2D eigenvalue weighted by Gasteiger charge is 2.38. The summed E-state index contributed by atoms with van der Waals surface area (Å²) >= 11 is 1.06. The van der Waals surface area contributed by atoms with Gasteiger partial charge in [0.15, 0.2) is 0 Å². The standard InChI is InChI=1S/C22H22F6N2O3S/c1-4-33-20(32)17-15-5-6-30(11(2)3)10-16(15)34-19(17)29-18(31)12-7-13(21(23,24)25)9-14(8-12)22(26,27)28/h7-9,11H,4-6,10H2,1-3H3,(H,29,31). The monoisotopic (exact) mass is 508 g/mol. The summed E-state index contributed by atoms with van der Waals surface area (Å²) in [5.74, 6) is -1.91. The van der Waals surface area contributed by atoms with Crippen LogP contribution in [0.4, 0.5) is 31.3 Å². The molecule has 0 radical (unpaired) electrons. The van der Waals surface area contributed by atoms with Gasteiger partial charge in [0.2, 0.25) is 0 Å². The number of carbonyl (C=O) groups is 2. The normalized spacial score (nSPS) is 14.8. The molecule has 5 nitrogen and oxygen atoms in total. The van der Waals surface area contributed by atoms with Crippen LogP contribution in [0.5, 0.6) is 0 Å². The highest BCUT2D eigenvalue weighted by Crippen LogP contribution is 2.39. The number of benzene rings is 1. The van der Waals surface area contributed by atoms with E-state index in [9.17, 15) is 35.9 Å². The van der Waals surface area contributed by atoms with Crippen LogP contribution in [-0.4, -0.2) is 36.0 Å². The minimum Gasteiger partial charge on any atom is -0.462 e. The van der Waals surface area contributed by atoms with Crippen LogP contribution < -0.4 is 5.32 Å². The number of alkyl halides is 6. The third-order valence-corrected chi connectivity index (χ3v) is 6.51. The molecule has 0 atom stereocenters. The first-order valence-electron chi connectivity index (χ1n) is 10.4. The van der Waals surface area contributed by atoms with E-state index in [1.165, 1.54) is 0 Å². The molecule has 0 bridgehead atoms. The molecule has 12 heteroatoms. The fourth-order valence-corrected chi connectivity index (χ4v) is 4.89. The highest BCUT2D eigenvalue weighted by atomic mass is 32.1. The smallest absolute Gasteiger partial charge is 0.416 e. The molecule has 0 fully saturated rings. The van der Waals surface area contributed by atoms with E-state index in [2.05, 4.69) is 10.2 Å². The van der Waals surface area contributed by atoms with Gasteiger partial charge < -0.3 is 10.1 Å². The number of thiophene rings is 1. The molecule has 2 heterocycles. The predicted octanol–water partition coefficient (Wildman–Crippen LogP) is 5.98. The van der Waals surface area contributed by atoms with Crippen LogP contribution in [0.15, 0.2) is 18.2 Å². The number of halogens is 6. The van der Waals surface area contributed by atoms with Crippen LogP contribution >= 0.6 is 11.3 Å². The van der Waals surface area contributed by atoms with Crippen LogP contribution in [0, 0.1) is 0 Å². The number of anilines is 1. The van der Waals surface area contributed by atoms with Crippen molar-refractivity contribution in [3.05, 3.63) is 50.9 Å². The van der Waals surface area contributed by atoms with Gasteiger partial charge in [-0.3, -0.25) is 9.69 Å². The first kappa shape index (κ1) is 26.0. The molecule has 2 aromatic rings. The zero-order valence-electron chi connectivity index (χ0n) is 18.5. The van der Waals surface area contributed by atoms with Gasteiger partial charge in [0, 0.05) is 29.6 Å². The lowest BCUT2D eigenvalue weighted by Crippen LogP contribution is -2.35. The summed E-state index contributed by atoms with van der Waals surface area (Å²) in [4.78, 5) is 28.3. The number of fused-ring (bicyclic) bond motifs is 1. The lowest BCUT2D eigenvalue weighted by molar-refractivity contribution is -0.143. The Hall–Kier alpha value is -2.60. The van der Waals surface area contributed by atoms with E-state index in [0.29, 0.717) is 37.2 Å². The minimum absolute atomic E-state index is 0.0324. The van der Waals surface area contributed by atoms with Gasteiger partial charge in [0.25, 0.3) is 5.91 Å². The zero-order valence-corrected chi connectivity index (χ0v) is 19.3. The second-order valence-electron chi connectivity index (χ2n) is 7.99. The van der Waals surface area contributed by atoms with E-state index in [0.717, 1.165) is 16.2 Å². The molecule has 1 N–H and O–H groups in total. The third-order valence-electron chi connectivity index (χ3n) is 5.37. The second-order valence-corrected chi connectivity index (χ2v) is 9.10. The fourth-order valence-electron chi connectivity index (χ4n) is 3.63. The number of carbonyl (C=O) groups excluding carboxylic acids is 2. The van der Waals surface area contributed by atoms with Crippen molar-refractivity contribution in [3.8, 4) is 0 Å². The number of hydrogen-bond acceptors (Lipinski definition) is 5. The number of amides is 1. The largest absolute Gasteiger partial charge is 0.462 e. The molecule has 1 amide bonds.